The van der Waals surface area contributed by atoms with Crippen molar-refractivity contribution in [1.82, 2.24) is 10.3 Å². The molecule has 0 spiro atoms. The highest BCUT2D eigenvalue weighted by atomic mass is 32.1. The van der Waals surface area contributed by atoms with Crippen LogP contribution in [0.15, 0.2) is 35.7 Å². The van der Waals surface area contributed by atoms with Crippen LogP contribution in [0.5, 0.6) is 0 Å². The fourth-order valence-electron chi connectivity index (χ4n) is 2.00. The van der Waals surface area contributed by atoms with Gasteiger partial charge in [0, 0.05) is 12.1 Å². The average molecular weight is 391 g/mol. The second-order valence-electron chi connectivity index (χ2n) is 4.99. The summed E-state index contributed by atoms with van der Waals surface area (Å²) in [5.41, 5.74) is 1.52. The SMILES string of the molecule is CCC(=O)Nc1nc2ccc(NC(=S)NC(=O)c3cccs3)cc2s1. The van der Waals surface area contributed by atoms with E-state index in [1.54, 1.807) is 13.0 Å². The summed E-state index contributed by atoms with van der Waals surface area (Å²) in [4.78, 5) is 28.4. The van der Waals surface area contributed by atoms with Crippen LogP contribution in [0.3, 0.4) is 0 Å². The number of aromatic nitrogens is 1. The molecular weight excluding hydrogens is 376 g/mol. The molecule has 9 heteroatoms. The maximum atomic E-state index is 12.0. The minimum absolute atomic E-state index is 0.0742. The van der Waals surface area contributed by atoms with E-state index in [9.17, 15) is 9.59 Å². The largest absolute Gasteiger partial charge is 0.332 e. The Morgan fingerprint density at radius 1 is 1.24 bits per heavy atom. The van der Waals surface area contributed by atoms with Crippen LogP contribution >= 0.6 is 34.9 Å². The molecule has 25 heavy (non-hydrogen) atoms. The lowest BCUT2D eigenvalue weighted by Crippen LogP contribution is -2.33. The van der Waals surface area contributed by atoms with Crippen LogP contribution < -0.4 is 16.0 Å². The first-order valence-electron chi connectivity index (χ1n) is 7.41. The number of fused-ring (bicyclic) bond motifs is 1. The first-order chi connectivity index (χ1) is 12.0. The van der Waals surface area contributed by atoms with Crippen molar-refractivity contribution in [3.63, 3.8) is 0 Å². The number of nitrogens with one attached hydrogen (secondary N) is 3. The normalized spacial score (nSPS) is 10.4. The van der Waals surface area contributed by atoms with Gasteiger partial charge in [0.05, 0.1) is 15.1 Å². The lowest BCUT2D eigenvalue weighted by molar-refractivity contribution is -0.115. The number of thiocarbonyl (C=S) groups is 1. The molecule has 0 saturated heterocycles. The van der Waals surface area contributed by atoms with Crippen LogP contribution in [-0.2, 0) is 4.79 Å². The number of amides is 2. The van der Waals surface area contributed by atoms with Gasteiger partial charge in [0.2, 0.25) is 5.91 Å². The summed E-state index contributed by atoms with van der Waals surface area (Å²) in [6.45, 7) is 1.79. The lowest BCUT2D eigenvalue weighted by atomic mass is 10.3. The summed E-state index contributed by atoms with van der Waals surface area (Å²) in [6, 6.07) is 9.07. The molecule has 2 heterocycles. The number of carbonyl (C=O) groups is 2. The van der Waals surface area contributed by atoms with E-state index in [1.807, 2.05) is 29.6 Å². The first kappa shape index (κ1) is 17.5. The van der Waals surface area contributed by atoms with Gasteiger partial charge in [-0.25, -0.2) is 4.98 Å². The molecule has 0 aliphatic rings. The number of rotatable bonds is 4. The van der Waals surface area contributed by atoms with Crippen molar-refractivity contribution in [3.05, 3.63) is 40.6 Å². The second-order valence-corrected chi connectivity index (χ2v) is 7.38. The zero-order valence-electron chi connectivity index (χ0n) is 13.2. The zero-order chi connectivity index (χ0) is 17.8. The number of nitrogens with zero attached hydrogens (tertiary/aromatic N) is 1. The smallest absolute Gasteiger partial charge is 0.267 e. The minimum atomic E-state index is -0.240. The van der Waals surface area contributed by atoms with Crippen molar-refractivity contribution in [1.29, 1.82) is 0 Å². The Kier molecular flexibility index (Phi) is 5.37. The van der Waals surface area contributed by atoms with Crippen LogP contribution in [0.1, 0.15) is 23.0 Å². The van der Waals surface area contributed by atoms with Crippen LogP contribution in [0.4, 0.5) is 10.8 Å². The van der Waals surface area contributed by atoms with Crippen molar-refractivity contribution >= 4 is 72.9 Å². The van der Waals surface area contributed by atoms with E-state index in [1.165, 1.54) is 22.7 Å². The maximum Gasteiger partial charge on any atom is 0.267 e. The highest BCUT2D eigenvalue weighted by Crippen LogP contribution is 2.28. The fourth-order valence-corrected chi connectivity index (χ4v) is 3.75. The van der Waals surface area contributed by atoms with Crippen molar-refractivity contribution in [3.8, 4) is 0 Å². The molecule has 0 aliphatic carbocycles. The highest BCUT2D eigenvalue weighted by molar-refractivity contribution is 7.80. The third-order valence-electron chi connectivity index (χ3n) is 3.19. The predicted molar refractivity (Wildman–Crippen MR) is 107 cm³/mol. The summed E-state index contributed by atoms with van der Waals surface area (Å²) in [5, 5.41) is 11.0. The molecule has 6 nitrogen and oxygen atoms in total. The van der Waals surface area contributed by atoms with E-state index >= 15 is 0 Å². The molecule has 0 unspecified atom stereocenters. The second kappa shape index (κ2) is 7.68. The molecule has 0 atom stereocenters. The third-order valence-corrected chi connectivity index (χ3v) is 5.19. The summed E-state index contributed by atoms with van der Waals surface area (Å²) >= 11 is 7.91. The standard InChI is InChI=1S/C16H14N4O2S3/c1-2-13(21)19-16-18-10-6-5-9(8-12(10)25-16)17-15(23)20-14(22)11-4-3-7-24-11/h3-8H,2H2,1H3,(H,18,19,21)(H2,17,20,22,23). The number of anilines is 2. The minimum Gasteiger partial charge on any atom is -0.332 e. The van der Waals surface area contributed by atoms with E-state index in [4.69, 9.17) is 12.2 Å². The van der Waals surface area contributed by atoms with Crippen molar-refractivity contribution in [2.45, 2.75) is 13.3 Å². The molecule has 0 fully saturated rings. The average Bonchev–Trinajstić information content (AvgIpc) is 3.23. The number of thiophene rings is 1. The molecule has 3 rings (SSSR count). The van der Waals surface area contributed by atoms with Crippen LogP contribution in [0.25, 0.3) is 10.2 Å². The molecule has 128 valence electrons. The number of hydrogen-bond acceptors (Lipinski definition) is 6. The van der Waals surface area contributed by atoms with E-state index in [-0.39, 0.29) is 16.9 Å². The Balaban J connectivity index is 1.68. The van der Waals surface area contributed by atoms with Crippen LogP contribution in [-0.4, -0.2) is 21.9 Å². The summed E-state index contributed by atoms with van der Waals surface area (Å²) in [6.07, 6.45) is 0.404. The van der Waals surface area contributed by atoms with Crippen molar-refractivity contribution < 1.29 is 9.59 Å². The number of hydrogen-bond donors (Lipinski definition) is 3. The summed E-state index contributed by atoms with van der Waals surface area (Å²) in [5.74, 6) is -0.314. The molecule has 0 saturated carbocycles. The Bertz CT molecular complexity index is 934. The Labute approximate surface area is 157 Å². The fraction of sp³-hybridized carbons (Fsp3) is 0.125. The van der Waals surface area contributed by atoms with Crippen molar-refractivity contribution in [2.24, 2.45) is 0 Å². The molecule has 2 amide bonds. The molecular formula is C16H14N4O2S3. The quantitative estimate of drug-likeness (QED) is 0.590. The molecule has 0 radical (unpaired) electrons. The van der Waals surface area contributed by atoms with Gasteiger partial charge in [0.25, 0.3) is 5.91 Å². The topological polar surface area (TPSA) is 83.1 Å². The third kappa shape index (κ3) is 4.38. The molecule has 3 N–H and O–H groups in total. The van der Waals surface area contributed by atoms with Gasteiger partial charge in [-0.3, -0.25) is 14.9 Å². The summed E-state index contributed by atoms with van der Waals surface area (Å²) < 4.78 is 0.906. The zero-order valence-corrected chi connectivity index (χ0v) is 15.6. The molecule has 3 aromatic rings. The Hall–Kier alpha value is -2.36. The van der Waals surface area contributed by atoms with Crippen LogP contribution in [0, 0.1) is 0 Å². The lowest BCUT2D eigenvalue weighted by Gasteiger charge is -2.08. The Morgan fingerprint density at radius 3 is 2.80 bits per heavy atom. The van der Waals surface area contributed by atoms with Gasteiger partial charge in [-0.05, 0) is 41.9 Å². The number of carbonyl (C=O) groups excluding carboxylic acids is 2. The molecule has 2 aromatic heterocycles. The Morgan fingerprint density at radius 2 is 2.08 bits per heavy atom. The number of thiazole rings is 1. The van der Waals surface area contributed by atoms with Gasteiger partial charge in [-0.15, -0.1) is 11.3 Å². The predicted octanol–water partition coefficient (Wildman–Crippen LogP) is 3.83. The van der Waals surface area contributed by atoms with Gasteiger partial charge >= 0.3 is 0 Å². The van der Waals surface area contributed by atoms with E-state index < -0.39 is 0 Å². The summed E-state index contributed by atoms with van der Waals surface area (Å²) in [7, 11) is 0. The van der Waals surface area contributed by atoms with Gasteiger partial charge in [0.15, 0.2) is 10.2 Å². The van der Waals surface area contributed by atoms with E-state index in [0.717, 1.165) is 15.9 Å². The van der Waals surface area contributed by atoms with Gasteiger partial charge in [-0.1, -0.05) is 24.3 Å². The van der Waals surface area contributed by atoms with E-state index in [0.29, 0.717) is 16.4 Å². The van der Waals surface area contributed by atoms with Gasteiger partial charge in [-0.2, -0.15) is 0 Å². The number of benzene rings is 1. The van der Waals surface area contributed by atoms with Gasteiger partial charge in [0.1, 0.15) is 0 Å². The molecule has 0 bridgehead atoms. The highest BCUT2D eigenvalue weighted by Gasteiger charge is 2.10. The monoisotopic (exact) mass is 390 g/mol. The first-order valence-corrected chi connectivity index (χ1v) is 9.52. The molecule has 1 aromatic carbocycles. The van der Waals surface area contributed by atoms with Crippen molar-refractivity contribution in [2.75, 3.05) is 10.6 Å². The molecule has 0 aliphatic heterocycles. The maximum absolute atomic E-state index is 12.0. The van der Waals surface area contributed by atoms with Gasteiger partial charge < -0.3 is 10.6 Å². The van der Waals surface area contributed by atoms with Crippen LogP contribution in [0.2, 0.25) is 0 Å². The van der Waals surface area contributed by atoms with E-state index in [2.05, 4.69) is 20.9 Å².